The molecule has 1 saturated heterocycles. The maximum Gasteiger partial charge on any atom is 0.0997 e. The first-order valence-corrected chi connectivity index (χ1v) is 14.1. The van der Waals surface area contributed by atoms with E-state index in [9.17, 15) is 0 Å². The second-order valence-electron chi connectivity index (χ2n) is 11.9. The highest BCUT2D eigenvalue weighted by atomic mass is 16.5. The Labute approximate surface area is 212 Å². The van der Waals surface area contributed by atoms with Gasteiger partial charge >= 0.3 is 0 Å². The minimum atomic E-state index is 0.144. The molecule has 5 rings (SSSR count). The Morgan fingerprint density at radius 1 is 0.600 bits per heavy atom. The predicted octanol–water partition coefficient (Wildman–Crippen LogP) is 3.73. The minimum absolute atomic E-state index is 0.144. The van der Waals surface area contributed by atoms with Crippen LogP contribution in [-0.4, -0.2) is 96.4 Å². The molecule has 1 aliphatic heterocycles. The summed E-state index contributed by atoms with van der Waals surface area (Å²) >= 11 is 0. The molecule has 0 aromatic rings. The predicted molar refractivity (Wildman–Crippen MR) is 133 cm³/mol. The van der Waals surface area contributed by atoms with E-state index in [1.807, 2.05) is 35.5 Å². The van der Waals surface area contributed by atoms with E-state index >= 15 is 0 Å². The molecule has 0 bridgehead atoms. The first kappa shape index (κ1) is 26.3. The van der Waals surface area contributed by atoms with Crippen molar-refractivity contribution in [3.05, 3.63) is 0 Å². The lowest BCUT2D eigenvalue weighted by Gasteiger charge is -2.62. The van der Waals surface area contributed by atoms with Crippen LogP contribution in [0, 0.1) is 29.6 Å². The minimum Gasteiger partial charge on any atom is -0.379 e. The zero-order chi connectivity index (χ0) is 24.5. The van der Waals surface area contributed by atoms with Gasteiger partial charge in [0.05, 0.1) is 43.4 Å². The van der Waals surface area contributed by atoms with Gasteiger partial charge < -0.3 is 28.4 Å². The van der Waals surface area contributed by atoms with Gasteiger partial charge in [0, 0.05) is 48.1 Å². The fourth-order valence-corrected chi connectivity index (χ4v) is 9.03. The van der Waals surface area contributed by atoms with Crippen molar-refractivity contribution in [3.8, 4) is 0 Å². The molecule has 0 aromatic heterocycles. The molecule has 7 heteroatoms. The van der Waals surface area contributed by atoms with E-state index in [-0.39, 0.29) is 36.6 Å². The number of hydrogen-bond donors (Lipinski definition) is 0. The van der Waals surface area contributed by atoms with Crippen LogP contribution < -0.4 is 0 Å². The summed E-state index contributed by atoms with van der Waals surface area (Å²) in [4.78, 5) is 2.68. The van der Waals surface area contributed by atoms with Crippen LogP contribution in [0.2, 0.25) is 0 Å². The Kier molecular flexibility index (Phi) is 8.75. The summed E-state index contributed by atoms with van der Waals surface area (Å²) in [5.41, 5.74) is 0. The Bertz CT molecular complexity index is 680. The van der Waals surface area contributed by atoms with Gasteiger partial charge in [-0.1, -0.05) is 12.8 Å². The largest absolute Gasteiger partial charge is 0.379 e. The van der Waals surface area contributed by atoms with Crippen molar-refractivity contribution in [1.82, 2.24) is 4.90 Å². The first-order chi connectivity index (χ1) is 17.1. The molecular formula is C28H49NO6. The van der Waals surface area contributed by atoms with Gasteiger partial charge in [-0.25, -0.2) is 0 Å². The topological polar surface area (TPSA) is 58.6 Å². The van der Waals surface area contributed by atoms with E-state index in [0.29, 0.717) is 35.6 Å². The molecule has 7 nitrogen and oxygen atoms in total. The van der Waals surface area contributed by atoms with Crippen LogP contribution in [0.25, 0.3) is 0 Å². The monoisotopic (exact) mass is 495 g/mol. The Hall–Kier alpha value is -0.280. The Morgan fingerprint density at radius 2 is 1.26 bits per heavy atom. The van der Waals surface area contributed by atoms with Gasteiger partial charge in [-0.3, -0.25) is 4.90 Å². The normalized spacial score (nSPS) is 48.3. The van der Waals surface area contributed by atoms with Crippen molar-refractivity contribution in [2.45, 2.75) is 100 Å². The summed E-state index contributed by atoms with van der Waals surface area (Å²) in [6.45, 7) is 1.84. The summed E-state index contributed by atoms with van der Waals surface area (Å²) in [6, 6.07) is 0.539. The van der Waals surface area contributed by atoms with Gasteiger partial charge in [0.25, 0.3) is 0 Å². The summed E-state index contributed by atoms with van der Waals surface area (Å²) < 4.78 is 36.6. The average Bonchev–Trinajstić information content (AvgIpc) is 2.91. The van der Waals surface area contributed by atoms with E-state index in [2.05, 4.69) is 4.90 Å². The summed E-state index contributed by atoms with van der Waals surface area (Å²) in [6.07, 6.45) is 11.6. The SMILES string of the molecule is COC1CC2CC3C4C(CCN3COC3CCCCC3OC)CC(OC)C(OC)C4C2CC1OC. The highest BCUT2D eigenvalue weighted by Crippen LogP contribution is 2.57. The third-order valence-electron chi connectivity index (χ3n) is 10.6. The number of rotatable bonds is 8. The standard InChI is InChI=1S/C28H49NO6/c1-30-21-8-6-7-9-22(21)35-16-29-11-10-17-13-25(33-4)28(34-5)27-19-15-24(32-3)23(31-2)14-18(19)12-20(29)26(17)27/h17-28H,6-16H2,1-5H3. The number of fused-ring (bicyclic) bond motifs is 2. The molecule has 202 valence electrons. The van der Waals surface area contributed by atoms with Crippen LogP contribution in [0.3, 0.4) is 0 Å². The second-order valence-corrected chi connectivity index (χ2v) is 11.9. The van der Waals surface area contributed by atoms with Gasteiger partial charge in [-0.15, -0.1) is 0 Å². The molecule has 5 fully saturated rings. The highest BCUT2D eigenvalue weighted by molar-refractivity contribution is 5.09. The van der Waals surface area contributed by atoms with Crippen molar-refractivity contribution in [2.75, 3.05) is 48.8 Å². The fourth-order valence-electron chi connectivity index (χ4n) is 9.03. The lowest BCUT2D eigenvalue weighted by atomic mass is 9.50. The Morgan fingerprint density at radius 3 is 1.94 bits per heavy atom. The smallest absolute Gasteiger partial charge is 0.0997 e. The maximum absolute atomic E-state index is 6.61. The molecule has 0 radical (unpaired) electrons. The maximum atomic E-state index is 6.61. The fraction of sp³-hybridized carbons (Fsp3) is 1.00. The van der Waals surface area contributed by atoms with Crippen LogP contribution in [0.1, 0.15) is 57.8 Å². The molecule has 0 spiro atoms. The first-order valence-electron chi connectivity index (χ1n) is 14.1. The van der Waals surface area contributed by atoms with E-state index in [0.717, 1.165) is 45.4 Å². The second kappa shape index (κ2) is 11.6. The van der Waals surface area contributed by atoms with E-state index in [4.69, 9.17) is 28.4 Å². The number of nitrogens with zero attached hydrogens (tertiary/aromatic N) is 1. The highest BCUT2D eigenvalue weighted by Gasteiger charge is 2.59. The van der Waals surface area contributed by atoms with Crippen molar-refractivity contribution in [3.63, 3.8) is 0 Å². The lowest BCUT2D eigenvalue weighted by Crippen LogP contribution is -2.66. The van der Waals surface area contributed by atoms with E-state index in [1.54, 1.807) is 0 Å². The molecule has 5 aliphatic rings. The van der Waals surface area contributed by atoms with Gasteiger partial charge in [0.1, 0.15) is 0 Å². The lowest BCUT2D eigenvalue weighted by molar-refractivity contribution is -0.219. The molecule has 35 heavy (non-hydrogen) atoms. The zero-order valence-corrected chi connectivity index (χ0v) is 22.6. The van der Waals surface area contributed by atoms with E-state index in [1.165, 1.54) is 25.7 Å². The Balaban J connectivity index is 1.39. The number of ether oxygens (including phenoxy) is 6. The van der Waals surface area contributed by atoms with Crippen LogP contribution in [0.4, 0.5) is 0 Å². The number of likely N-dealkylation sites (tertiary alicyclic amines) is 1. The molecule has 1 heterocycles. The van der Waals surface area contributed by atoms with Crippen molar-refractivity contribution in [1.29, 1.82) is 0 Å². The molecule has 12 atom stereocenters. The molecule has 0 N–H and O–H groups in total. The van der Waals surface area contributed by atoms with Crippen molar-refractivity contribution < 1.29 is 28.4 Å². The summed E-state index contributed by atoms with van der Waals surface area (Å²) in [7, 11) is 9.28. The molecule has 0 amide bonds. The van der Waals surface area contributed by atoms with Gasteiger partial charge in [0.15, 0.2) is 0 Å². The molecular weight excluding hydrogens is 446 g/mol. The van der Waals surface area contributed by atoms with Crippen LogP contribution in [0.5, 0.6) is 0 Å². The molecule has 4 aliphatic carbocycles. The van der Waals surface area contributed by atoms with Gasteiger partial charge in [-0.2, -0.15) is 0 Å². The summed E-state index contributed by atoms with van der Waals surface area (Å²) in [5, 5.41) is 0. The number of hydrogen-bond acceptors (Lipinski definition) is 7. The van der Waals surface area contributed by atoms with Crippen LogP contribution in [-0.2, 0) is 28.4 Å². The van der Waals surface area contributed by atoms with E-state index < -0.39 is 0 Å². The van der Waals surface area contributed by atoms with Crippen molar-refractivity contribution >= 4 is 0 Å². The molecule has 0 aromatic carbocycles. The van der Waals surface area contributed by atoms with Crippen LogP contribution >= 0.6 is 0 Å². The van der Waals surface area contributed by atoms with Gasteiger partial charge in [-0.05, 0) is 74.5 Å². The summed E-state index contributed by atoms with van der Waals surface area (Å²) in [5.74, 6) is 3.03. The quantitative estimate of drug-likeness (QED) is 0.508. The third kappa shape index (κ3) is 4.96. The van der Waals surface area contributed by atoms with Crippen LogP contribution in [0.15, 0.2) is 0 Å². The average molecular weight is 496 g/mol. The number of methoxy groups -OCH3 is 5. The molecule has 4 saturated carbocycles. The molecule has 12 unspecified atom stereocenters. The van der Waals surface area contributed by atoms with Crippen molar-refractivity contribution in [2.24, 2.45) is 29.6 Å². The third-order valence-corrected chi connectivity index (χ3v) is 10.6. The zero-order valence-electron chi connectivity index (χ0n) is 22.6. The number of piperidine rings is 1. The van der Waals surface area contributed by atoms with Gasteiger partial charge in [0.2, 0.25) is 0 Å².